The molecule has 0 saturated heterocycles. The van der Waals surface area contributed by atoms with Gasteiger partial charge in [-0.1, -0.05) is 12.1 Å². The highest BCUT2D eigenvalue weighted by molar-refractivity contribution is 6.03. The molecule has 6 heteroatoms. The van der Waals surface area contributed by atoms with Crippen LogP contribution >= 0.6 is 0 Å². The molecule has 0 atom stereocenters. The predicted octanol–water partition coefficient (Wildman–Crippen LogP) is 2.53. The maximum atomic E-state index is 11.6. The standard InChI is InChI=1S/C16H14N4O2/c17-14(9-21)16(22)20-11-3-1-10(2-4-11)12-5-7-18-15-13(12)6-8-19-15/h1-9,21H,17H2,(H,18,19)(H,20,22). The number of aliphatic hydroxyl groups is 1. The molecule has 5 N–H and O–H groups in total. The second-order valence-electron chi connectivity index (χ2n) is 4.71. The van der Waals surface area contributed by atoms with Crippen molar-refractivity contribution in [3.8, 4) is 11.1 Å². The van der Waals surface area contributed by atoms with Gasteiger partial charge in [0.15, 0.2) is 0 Å². The van der Waals surface area contributed by atoms with Crippen LogP contribution in [-0.2, 0) is 4.79 Å². The number of aliphatic hydroxyl groups excluding tert-OH is 1. The van der Waals surface area contributed by atoms with Gasteiger partial charge in [0.25, 0.3) is 5.91 Å². The molecule has 0 bridgehead atoms. The van der Waals surface area contributed by atoms with E-state index in [0.717, 1.165) is 22.2 Å². The number of anilines is 1. The number of pyridine rings is 1. The molecule has 1 amide bonds. The van der Waals surface area contributed by atoms with Crippen LogP contribution in [0.3, 0.4) is 0 Å². The molecule has 0 aliphatic rings. The van der Waals surface area contributed by atoms with E-state index in [4.69, 9.17) is 10.8 Å². The van der Waals surface area contributed by atoms with Gasteiger partial charge in [0, 0.05) is 23.5 Å². The number of H-pyrrole nitrogens is 1. The maximum Gasteiger partial charge on any atom is 0.274 e. The summed E-state index contributed by atoms with van der Waals surface area (Å²) in [6.07, 6.45) is 4.17. The van der Waals surface area contributed by atoms with Gasteiger partial charge in [-0.25, -0.2) is 4.98 Å². The Kier molecular flexibility index (Phi) is 3.49. The summed E-state index contributed by atoms with van der Waals surface area (Å²) in [4.78, 5) is 18.9. The maximum absolute atomic E-state index is 11.6. The van der Waals surface area contributed by atoms with Crippen molar-refractivity contribution in [2.24, 2.45) is 5.73 Å². The summed E-state index contributed by atoms with van der Waals surface area (Å²) in [6, 6.07) is 11.3. The van der Waals surface area contributed by atoms with Crippen molar-refractivity contribution in [1.29, 1.82) is 0 Å². The lowest BCUT2D eigenvalue weighted by atomic mass is 10.0. The van der Waals surface area contributed by atoms with Gasteiger partial charge in [-0.05, 0) is 35.4 Å². The Morgan fingerprint density at radius 1 is 1.23 bits per heavy atom. The van der Waals surface area contributed by atoms with Gasteiger partial charge in [0.05, 0.1) is 0 Å². The van der Waals surface area contributed by atoms with E-state index < -0.39 is 5.91 Å². The number of aromatic amines is 1. The third-order valence-corrected chi connectivity index (χ3v) is 3.32. The number of benzene rings is 1. The van der Waals surface area contributed by atoms with Crippen LogP contribution in [0.5, 0.6) is 0 Å². The first-order valence-electron chi connectivity index (χ1n) is 6.63. The second kappa shape index (κ2) is 5.61. The van der Waals surface area contributed by atoms with Gasteiger partial charge in [0.2, 0.25) is 0 Å². The lowest BCUT2D eigenvalue weighted by Gasteiger charge is -2.07. The summed E-state index contributed by atoms with van der Waals surface area (Å²) in [5.41, 5.74) is 8.57. The summed E-state index contributed by atoms with van der Waals surface area (Å²) < 4.78 is 0. The van der Waals surface area contributed by atoms with Crippen LogP contribution < -0.4 is 11.1 Å². The van der Waals surface area contributed by atoms with Gasteiger partial charge >= 0.3 is 0 Å². The van der Waals surface area contributed by atoms with E-state index in [-0.39, 0.29) is 5.70 Å². The van der Waals surface area contributed by atoms with Crippen molar-refractivity contribution >= 4 is 22.6 Å². The van der Waals surface area contributed by atoms with Crippen molar-refractivity contribution in [2.75, 3.05) is 5.32 Å². The Balaban J connectivity index is 1.89. The van der Waals surface area contributed by atoms with E-state index in [9.17, 15) is 4.79 Å². The Morgan fingerprint density at radius 3 is 2.73 bits per heavy atom. The second-order valence-corrected chi connectivity index (χ2v) is 4.71. The fourth-order valence-corrected chi connectivity index (χ4v) is 2.21. The highest BCUT2D eigenvalue weighted by Crippen LogP contribution is 2.27. The van der Waals surface area contributed by atoms with Gasteiger partial charge in [-0.15, -0.1) is 0 Å². The summed E-state index contributed by atoms with van der Waals surface area (Å²) >= 11 is 0. The number of carbonyl (C=O) groups excluding carboxylic acids is 1. The van der Waals surface area contributed by atoms with E-state index in [2.05, 4.69) is 15.3 Å². The van der Waals surface area contributed by atoms with E-state index in [1.807, 2.05) is 30.5 Å². The third-order valence-electron chi connectivity index (χ3n) is 3.32. The van der Waals surface area contributed by atoms with Crippen molar-refractivity contribution in [1.82, 2.24) is 9.97 Å². The molecule has 6 nitrogen and oxygen atoms in total. The lowest BCUT2D eigenvalue weighted by molar-refractivity contribution is -0.113. The zero-order valence-electron chi connectivity index (χ0n) is 11.6. The van der Waals surface area contributed by atoms with Crippen LogP contribution in [0.2, 0.25) is 0 Å². The molecular weight excluding hydrogens is 280 g/mol. The number of carbonyl (C=O) groups is 1. The van der Waals surface area contributed by atoms with E-state index in [1.54, 1.807) is 18.3 Å². The number of nitrogens with one attached hydrogen (secondary N) is 2. The third kappa shape index (κ3) is 2.49. The average molecular weight is 294 g/mol. The number of rotatable bonds is 3. The van der Waals surface area contributed by atoms with Crippen LogP contribution in [0.1, 0.15) is 0 Å². The van der Waals surface area contributed by atoms with Crippen LogP contribution in [0, 0.1) is 0 Å². The monoisotopic (exact) mass is 294 g/mol. The van der Waals surface area contributed by atoms with Crippen molar-refractivity contribution < 1.29 is 9.90 Å². The Morgan fingerprint density at radius 2 is 2.00 bits per heavy atom. The smallest absolute Gasteiger partial charge is 0.274 e. The lowest BCUT2D eigenvalue weighted by Crippen LogP contribution is -2.19. The number of nitrogens with two attached hydrogens (primary N) is 1. The topological polar surface area (TPSA) is 104 Å². The summed E-state index contributed by atoms with van der Waals surface area (Å²) in [6.45, 7) is 0. The molecule has 1 aromatic carbocycles. The van der Waals surface area contributed by atoms with Gasteiger partial charge in [-0.2, -0.15) is 0 Å². The molecule has 110 valence electrons. The Hall–Kier alpha value is -3.28. The van der Waals surface area contributed by atoms with Crippen LogP contribution in [0.4, 0.5) is 5.69 Å². The predicted molar refractivity (Wildman–Crippen MR) is 85.1 cm³/mol. The number of hydrogen-bond donors (Lipinski definition) is 4. The molecule has 0 aliphatic carbocycles. The molecule has 3 rings (SSSR count). The van der Waals surface area contributed by atoms with Gasteiger partial charge in [-0.3, -0.25) is 4.79 Å². The van der Waals surface area contributed by atoms with Gasteiger partial charge in [0.1, 0.15) is 17.6 Å². The largest absolute Gasteiger partial charge is 0.513 e. The van der Waals surface area contributed by atoms with E-state index >= 15 is 0 Å². The highest BCUT2D eigenvalue weighted by atomic mass is 16.2. The molecule has 3 aromatic rings. The van der Waals surface area contributed by atoms with E-state index in [0.29, 0.717) is 11.9 Å². The number of aromatic nitrogens is 2. The zero-order chi connectivity index (χ0) is 15.5. The first kappa shape index (κ1) is 13.7. The molecule has 2 heterocycles. The summed E-state index contributed by atoms with van der Waals surface area (Å²) in [5.74, 6) is -0.549. The Labute approximate surface area is 126 Å². The van der Waals surface area contributed by atoms with E-state index in [1.165, 1.54) is 0 Å². The van der Waals surface area contributed by atoms with Gasteiger partial charge < -0.3 is 21.1 Å². The molecule has 0 spiro atoms. The van der Waals surface area contributed by atoms with Crippen molar-refractivity contribution in [3.63, 3.8) is 0 Å². The SMILES string of the molecule is NC(=CO)C(=O)Nc1ccc(-c2ccnc3[nH]ccc23)cc1. The molecule has 0 aliphatic heterocycles. The first-order valence-corrected chi connectivity index (χ1v) is 6.63. The fourth-order valence-electron chi connectivity index (χ4n) is 2.21. The van der Waals surface area contributed by atoms with Crippen LogP contribution in [0.15, 0.2) is 60.8 Å². The number of fused-ring (bicyclic) bond motifs is 1. The quantitative estimate of drug-likeness (QED) is 0.440. The minimum Gasteiger partial charge on any atom is -0.513 e. The minimum absolute atomic E-state index is 0.243. The summed E-state index contributed by atoms with van der Waals surface area (Å²) in [7, 11) is 0. The number of hydrogen-bond acceptors (Lipinski definition) is 4. The zero-order valence-corrected chi connectivity index (χ0v) is 11.6. The first-order chi connectivity index (χ1) is 10.7. The summed E-state index contributed by atoms with van der Waals surface area (Å²) in [5, 5.41) is 12.3. The molecule has 0 fully saturated rings. The van der Waals surface area contributed by atoms with Crippen LogP contribution in [0.25, 0.3) is 22.2 Å². The van der Waals surface area contributed by atoms with Crippen LogP contribution in [-0.4, -0.2) is 21.0 Å². The minimum atomic E-state index is -0.549. The molecular formula is C16H14N4O2. The molecule has 22 heavy (non-hydrogen) atoms. The number of nitrogens with zero attached hydrogens (tertiary/aromatic N) is 1. The molecule has 0 radical (unpaired) electrons. The van der Waals surface area contributed by atoms with Crippen molar-refractivity contribution in [3.05, 3.63) is 60.8 Å². The Bertz CT molecular complexity index is 850. The fraction of sp³-hybridized carbons (Fsp3) is 0. The number of amides is 1. The molecule has 0 saturated carbocycles. The highest BCUT2D eigenvalue weighted by Gasteiger charge is 2.08. The normalized spacial score (nSPS) is 11.5. The average Bonchev–Trinajstić information content (AvgIpc) is 3.03. The molecule has 0 unspecified atom stereocenters. The van der Waals surface area contributed by atoms with Crippen molar-refractivity contribution in [2.45, 2.75) is 0 Å². The molecule has 2 aromatic heterocycles.